The fraction of sp³-hybridized carbons (Fsp3) is 0.611. The molecular formula is C18H29Cl2N3OS. The first-order valence-corrected chi connectivity index (χ1v) is 9.82. The Balaban J connectivity index is 0.00000156. The van der Waals surface area contributed by atoms with E-state index in [0.29, 0.717) is 18.5 Å². The van der Waals surface area contributed by atoms with Crippen LogP contribution >= 0.6 is 36.6 Å². The number of thioether (sulfide) groups is 1. The van der Waals surface area contributed by atoms with Crippen molar-refractivity contribution in [1.82, 2.24) is 15.5 Å². The lowest BCUT2D eigenvalue weighted by Gasteiger charge is -2.26. The highest BCUT2D eigenvalue weighted by Crippen LogP contribution is 2.19. The molecule has 2 aliphatic heterocycles. The fourth-order valence-corrected chi connectivity index (χ4v) is 4.38. The second-order valence-corrected chi connectivity index (χ2v) is 7.64. The van der Waals surface area contributed by atoms with Crippen molar-refractivity contribution in [3.63, 3.8) is 0 Å². The Morgan fingerprint density at radius 3 is 2.80 bits per heavy atom. The molecule has 2 aliphatic rings. The number of benzene rings is 1. The summed E-state index contributed by atoms with van der Waals surface area (Å²) in [6.45, 7) is 3.93. The molecule has 0 aromatic heterocycles. The van der Waals surface area contributed by atoms with Crippen LogP contribution in [0.3, 0.4) is 0 Å². The third-order valence-corrected chi connectivity index (χ3v) is 5.82. The first-order chi connectivity index (χ1) is 11.3. The molecule has 0 radical (unpaired) electrons. The van der Waals surface area contributed by atoms with Crippen molar-refractivity contribution in [2.24, 2.45) is 0 Å². The molecule has 0 spiro atoms. The van der Waals surface area contributed by atoms with Crippen molar-refractivity contribution in [3.05, 3.63) is 35.9 Å². The number of carbonyl (C=O) groups is 1. The van der Waals surface area contributed by atoms with Gasteiger partial charge in [-0.3, -0.25) is 9.69 Å². The molecule has 0 bridgehead atoms. The number of rotatable bonds is 6. The molecule has 2 fully saturated rings. The summed E-state index contributed by atoms with van der Waals surface area (Å²) >= 11 is 1.94. The van der Waals surface area contributed by atoms with Crippen molar-refractivity contribution in [1.29, 1.82) is 0 Å². The Morgan fingerprint density at radius 1 is 1.28 bits per heavy atom. The Kier molecular flexibility index (Phi) is 10.9. The second kappa shape index (κ2) is 12.0. The van der Waals surface area contributed by atoms with Gasteiger partial charge in [0.05, 0.1) is 0 Å². The number of nitrogens with one attached hydrogen (secondary N) is 2. The highest BCUT2D eigenvalue weighted by molar-refractivity contribution is 7.99. The number of likely N-dealkylation sites (tertiary alicyclic amines) is 1. The molecule has 1 amide bonds. The van der Waals surface area contributed by atoms with E-state index in [4.69, 9.17) is 0 Å². The summed E-state index contributed by atoms with van der Waals surface area (Å²) in [6, 6.07) is 11.4. The lowest BCUT2D eigenvalue weighted by atomic mass is 10.1. The highest BCUT2D eigenvalue weighted by Gasteiger charge is 2.25. The van der Waals surface area contributed by atoms with Crippen molar-refractivity contribution in [3.8, 4) is 0 Å². The Labute approximate surface area is 167 Å². The summed E-state index contributed by atoms with van der Waals surface area (Å²) in [5.74, 6) is 2.41. The largest absolute Gasteiger partial charge is 0.354 e. The van der Waals surface area contributed by atoms with Crippen LogP contribution in [0.4, 0.5) is 0 Å². The molecule has 7 heteroatoms. The van der Waals surface area contributed by atoms with Crippen LogP contribution in [-0.2, 0) is 11.3 Å². The van der Waals surface area contributed by atoms with Crippen molar-refractivity contribution >= 4 is 42.5 Å². The molecule has 0 aliphatic carbocycles. The quantitative estimate of drug-likeness (QED) is 0.763. The maximum Gasteiger partial charge on any atom is 0.221 e. The molecule has 25 heavy (non-hydrogen) atoms. The number of hydrogen-bond donors (Lipinski definition) is 2. The van der Waals surface area contributed by atoms with E-state index in [9.17, 15) is 4.79 Å². The SMILES string of the molecule is Cl.Cl.O=C(CC1CSCCN1)NCC1CCCN1Cc1ccccc1. The van der Waals surface area contributed by atoms with E-state index in [1.807, 2.05) is 11.8 Å². The summed E-state index contributed by atoms with van der Waals surface area (Å²) < 4.78 is 0. The molecule has 2 N–H and O–H groups in total. The van der Waals surface area contributed by atoms with Gasteiger partial charge in [-0.1, -0.05) is 30.3 Å². The number of amides is 1. The summed E-state index contributed by atoms with van der Waals surface area (Å²) in [5, 5.41) is 6.59. The lowest BCUT2D eigenvalue weighted by molar-refractivity contribution is -0.121. The first-order valence-electron chi connectivity index (χ1n) is 8.67. The highest BCUT2D eigenvalue weighted by atomic mass is 35.5. The molecule has 0 saturated carbocycles. The van der Waals surface area contributed by atoms with Gasteiger partial charge in [0.1, 0.15) is 0 Å². The zero-order valence-corrected chi connectivity index (χ0v) is 16.9. The first kappa shape index (κ1) is 22.6. The average Bonchev–Trinajstić information content (AvgIpc) is 3.02. The van der Waals surface area contributed by atoms with Crippen LogP contribution in [-0.4, -0.2) is 54.0 Å². The van der Waals surface area contributed by atoms with E-state index < -0.39 is 0 Å². The van der Waals surface area contributed by atoms with E-state index in [2.05, 4.69) is 45.9 Å². The molecule has 2 atom stereocenters. The molecule has 142 valence electrons. The topological polar surface area (TPSA) is 44.4 Å². The van der Waals surface area contributed by atoms with Gasteiger partial charge in [0, 0.05) is 49.6 Å². The molecule has 2 saturated heterocycles. The van der Waals surface area contributed by atoms with E-state index in [0.717, 1.165) is 37.7 Å². The number of halogens is 2. The van der Waals surface area contributed by atoms with Crippen molar-refractivity contribution in [2.45, 2.75) is 37.9 Å². The van der Waals surface area contributed by atoms with Crippen molar-refractivity contribution in [2.75, 3.05) is 31.1 Å². The van der Waals surface area contributed by atoms with Gasteiger partial charge in [0.2, 0.25) is 5.91 Å². The van der Waals surface area contributed by atoms with Gasteiger partial charge in [-0.15, -0.1) is 24.8 Å². The van der Waals surface area contributed by atoms with Crippen LogP contribution in [0.25, 0.3) is 0 Å². The second-order valence-electron chi connectivity index (χ2n) is 6.49. The van der Waals surface area contributed by atoms with Gasteiger partial charge >= 0.3 is 0 Å². The predicted octanol–water partition coefficient (Wildman–Crippen LogP) is 2.71. The maximum absolute atomic E-state index is 12.2. The van der Waals surface area contributed by atoms with Crippen LogP contribution in [0.2, 0.25) is 0 Å². The zero-order chi connectivity index (χ0) is 15.9. The summed E-state index contributed by atoms with van der Waals surface area (Å²) in [7, 11) is 0. The molecular weight excluding hydrogens is 377 g/mol. The van der Waals surface area contributed by atoms with Gasteiger partial charge in [0.15, 0.2) is 0 Å². The molecule has 2 unspecified atom stereocenters. The van der Waals surface area contributed by atoms with Crippen LogP contribution in [0.5, 0.6) is 0 Å². The van der Waals surface area contributed by atoms with Gasteiger partial charge in [-0.2, -0.15) is 11.8 Å². The van der Waals surface area contributed by atoms with Gasteiger partial charge < -0.3 is 10.6 Å². The number of carbonyl (C=O) groups excluding carboxylic acids is 1. The summed E-state index contributed by atoms with van der Waals surface area (Å²) in [4.78, 5) is 14.7. The Bertz CT molecular complexity index is 500. The zero-order valence-electron chi connectivity index (χ0n) is 14.5. The minimum Gasteiger partial charge on any atom is -0.354 e. The number of nitrogens with zero attached hydrogens (tertiary/aromatic N) is 1. The molecule has 3 rings (SSSR count). The molecule has 2 heterocycles. The van der Waals surface area contributed by atoms with Crippen LogP contribution < -0.4 is 10.6 Å². The smallest absolute Gasteiger partial charge is 0.221 e. The van der Waals surface area contributed by atoms with E-state index in [-0.39, 0.29) is 30.7 Å². The van der Waals surface area contributed by atoms with E-state index >= 15 is 0 Å². The fourth-order valence-electron chi connectivity index (χ4n) is 3.43. The van der Waals surface area contributed by atoms with Gasteiger partial charge in [-0.05, 0) is 24.9 Å². The minimum absolute atomic E-state index is 0. The van der Waals surface area contributed by atoms with Crippen LogP contribution in [0, 0.1) is 0 Å². The lowest BCUT2D eigenvalue weighted by Crippen LogP contribution is -2.44. The monoisotopic (exact) mass is 405 g/mol. The molecule has 4 nitrogen and oxygen atoms in total. The normalized spacial score (nSPS) is 23.4. The molecule has 1 aromatic rings. The maximum atomic E-state index is 12.2. The summed E-state index contributed by atoms with van der Waals surface area (Å²) in [5.41, 5.74) is 1.36. The predicted molar refractivity (Wildman–Crippen MR) is 111 cm³/mol. The third-order valence-electron chi connectivity index (χ3n) is 4.69. The van der Waals surface area contributed by atoms with Crippen molar-refractivity contribution < 1.29 is 4.79 Å². The Morgan fingerprint density at radius 2 is 2.08 bits per heavy atom. The third kappa shape index (κ3) is 7.35. The molecule has 1 aromatic carbocycles. The van der Waals surface area contributed by atoms with Crippen LogP contribution in [0.15, 0.2) is 30.3 Å². The van der Waals surface area contributed by atoms with E-state index in [1.165, 1.54) is 18.4 Å². The summed E-state index contributed by atoms with van der Waals surface area (Å²) in [6.07, 6.45) is 3.03. The Hall–Kier alpha value is -0.460. The number of hydrogen-bond acceptors (Lipinski definition) is 4. The van der Waals surface area contributed by atoms with Crippen LogP contribution in [0.1, 0.15) is 24.8 Å². The minimum atomic E-state index is 0. The standard InChI is InChI=1S/C18H27N3OS.2ClH/c22-18(11-16-14-23-10-8-19-16)20-12-17-7-4-9-21(17)13-15-5-2-1-3-6-15;;/h1-3,5-6,16-17,19H,4,7-14H2,(H,20,22);2*1H. The van der Waals surface area contributed by atoms with Gasteiger partial charge in [0.25, 0.3) is 0 Å². The van der Waals surface area contributed by atoms with Gasteiger partial charge in [-0.25, -0.2) is 0 Å². The van der Waals surface area contributed by atoms with E-state index in [1.54, 1.807) is 0 Å². The average molecular weight is 406 g/mol.